The lowest BCUT2D eigenvalue weighted by molar-refractivity contribution is -0.176. The van der Waals surface area contributed by atoms with Gasteiger partial charge in [0, 0.05) is 12.6 Å². The van der Waals surface area contributed by atoms with Crippen LogP contribution in [0.25, 0.3) is 0 Å². The van der Waals surface area contributed by atoms with Gasteiger partial charge in [0.2, 0.25) is 0 Å². The fraction of sp³-hybridized carbons (Fsp3) is 0.474. The molecular formula is C19H25F3N4O2. The van der Waals surface area contributed by atoms with Crippen molar-refractivity contribution < 1.29 is 22.4 Å². The summed E-state index contributed by atoms with van der Waals surface area (Å²) in [5.74, 6) is 1.36. The Balaban J connectivity index is 1.85. The molecule has 0 saturated carbocycles. The van der Waals surface area contributed by atoms with Gasteiger partial charge in [-0.2, -0.15) is 13.2 Å². The lowest BCUT2D eigenvalue weighted by atomic mass is 10.1. The molecule has 0 bridgehead atoms. The van der Waals surface area contributed by atoms with Crippen LogP contribution in [0.4, 0.5) is 13.2 Å². The Kier molecular flexibility index (Phi) is 8.31. The SMILES string of the molecule is CCNC(=NCc1ccc(COCC(F)(F)F)cc1)NCc1cc(CC)no1. The van der Waals surface area contributed by atoms with Gasteiger partial charge in [-0.1, -0.05) is 36.3 Å². The van der Waals surface area contributed by atoms with E-state index in [1.807, 2.05) is 32.0 Å². The monoisotopic (exact) mass is 398 g/mol. The van der Waals surface area contributed by atoms with E-state index in [4.69, 9.17) is 4.52 Å². The van der Waals surface area contributed by atoms with Gasteiger partial charge in [-0.05, 0) is 24.5 Å². The number of benzene rings is 1. The average Bonchev–Trinajstić information content (AvgIpc) is 3.12. The molecule has 0 aliphatic heterocycles. The van der Waals surface area contributed by atoms with Gasteiger partial charge in [0.1, 0.15) is 6.61 Å². The van der Waals surface area contributed by atoms with Crippen LogP contribution in [0.2, 0.25) is 0 Å². The zero-order valence-corrected chi connectivity index (χ0v) is 16.0. The predicted molar refractivity (Wildman–Crippen MR) is 99.7 cm³/mol. The van der Waals surface area contributed by atoms with Crippen LogP contribution in [-0.2, 0) is 30.9 Å². The molecule has 154 valence electrons. The second kappa shape index (κ2) is 10.7. The first-order chi connectivity index (χ1) is 13.4. The number of nitrogens with one attached hydrogen (secondary N) is 2. The summed E-state index contributed by atoms with van der Waals surface area (Å²) in [4.78, 5) is 4.50. The average molecular weight is 398 g/mol. The number of nitrogens with zero attached hydrogens (tertiary/aromatic N) is 2. The number of guanidine groups is 1. The van der Waals surface area contributed by atoms with Gasteiger partial charge < -0.3 is 19.9 Å². The molecule has 0 fully saturated rings. The normalized spacial score (nSPS) is 12.2. The van der Waals surface area contributed by atoms with Gasteiger partial charge in [-0.25, -0.2) is 4.99 Å². The van der Waals surface area contributed by atoms with Crippen LogP contribution in [0, 0.1) is 0 Å². The summed E-state index contributed by atoms with van der Waals surface area (Å²) in [5.41, 5.74) is 2.52. The maximum atomic E-state index is 12.1. The van der Waals surface area contributed by atoms with E-state index in [-0.39, 0.29) is 6.61 Å². The Hall–Kier alpha value is -2.55. The van der Waals surface area contributed by atoms with Crippen molar-refractivity contribution in [1.29, 1.82) is 0 Å². The largest absolute Gasteiger partial charge is 0.411 e. The highest BCUT2D eigenvalue weighted by Gasteiger charge is 2.27. The second-order valence-electron chi connectivity index (χ2n) is 6.11. The van der Waals surface area contributed by atoms with E-state index in [1.54, 1.807) is 12.1 Å². The number of aromatic nitrogens is 1. The molecule has 6 nitrogen and oxygen atoms in total. The first-order valence-corrected chi connectivity index (χ1v) is 9.08. The first kappa shape index (κ1) is 21.7. The summed E-state index contributed by atoms with van der Waals surface area (Å²) >= 11 is 0. The van der Waals surface area contributed by atoms with Crippen molar-refractivity contribution in [2.75, 3.05) is 13.2 Å². The summed E-state index contributed by atoms with van der Waals surface area (Å²) in [6.45, 7) is 4.25. The van der Waals surface area contributed by atoms with Crippen LogP contribution in [0.15, 0.2) is 39.8 Å². The van der Waals surface area contributed by atoms with Crippen LogP contribution in [0.3, 0.4) is 0 Å². The Morgan fingerprint density at radius 2 is 1.86 bits per heavy atom. The topological polar surface area (TPSA) is 71.7 Å². The van der Waals surface area contributed by atoms with Crippen molar-refractivity contribution in [3.63, 3.8) is 0 Å². The van der Waals surface area contributed by atoms with Gasteiger partial charge >= 0.3 is 6.18 Å². The van der Waals surface area contributed by atoms with Crippen molar-refractivity contribution in [1.82, 2.24) is 15.8 Å². The molecule has 9 heteroatoms. The Morgan fingerprint density at radius 3 is 2.46 bits per heavy atom. The van der Waals surface area contributed by atoms with E-state index in [9.17, 15) is 13.2 Å². The molecule has 0 atom stereocenters. The number of alkyl halides is 3. The van der Waals surface area contributed by atoms with Crippen molar-refractivity contribution >= 4 is 5.96 Å². The molecule has 1 aromatic carbocycles. The van der Waals surface area contributed by atoms with E-state index in [2.05, 4.69) is 25.5 Å². The van der Waals surface area contributed by atoms with Crippen molar-refractivity contribution in [3.8, 4) is 0 Å². The third kappa shape index (κ3) is 7.99. The van der Waals surface area contributed by atoms with E-state index in [1.165, 1.54) is 0 Å². The third-order valence-corrected chi connectivity index (χ3v) is 3.72. The quantitative estimate of drug-likeness (QED) is 0.499. The van der Waals surface area contributed by atoms with E-state index in [0.29, 0.717) is 31.2 Å². The van der Waals surface area contributed by atoms with Crippen molar-refractivity contribution in [2.24, 2.45) is 4.99 Å². The van der Waals surface area contributed by atoms with Crippen molar-refractivity contribution in [3.05, 3.63) is 52.9 Å². The second-order valence-corrected chi connectivity index (χ2v) is 6.11. The van der Waals surface area contributed by atoms with Gasteiger partial charge in [-0.3, -0.25) is 0 Å². The molecule has 0 radical (unpaired) electrons. The van der Waals surface area contributed by atoms with Crippen LogP contribution in [0.5, 0.6) is 0 Å². The van der Waals surface area contributed by atoms with Crippen LogP contribution < -0.4 is 10.6 Å². The molecule has 1 aromatic heterocycles. The highest BCUT2D eigenvalue weighted by Crippen LogP contribution is 2.16. The van der Waals surface area contributed by atoms with Gasteiger partial charge in [0.15, 0.2) is 11.7 Å². The molecule has 0 aliphatic carbocycles. The summed E-state index contributed by atoms with van der Waals surface area (Å²) in [6.07, 6.45) is -3.50. The molecule has 2 N–H and O–H groups in total. The summed E-state index contributed by atoms with van der Waals surface area (Å²) < 4.78 is 46.2. The number of hydrogen-bond donors (Lipinski definition) is 2. The smallest absolute Gasteiger partial charge is 0.367 e. The molecule has 0 unspecified atom stereocenters. The zero-order chi connectivity index (χ0) is 20.4. The van der Waals surface area contributed by atoms with Crippen LogP contribution in [0.1, 0.15) is 36.4 Å². The summed E-state index contributed by atoms with van der Waals surface area (Å²) in [7, 11) is 0. The zero-order valence-electron chi connectivity index (χ0n) is 16.0. The third-order valence-electron chi connectivity index (χ3n) is 3.72. The van der Waals surface area contributed by atoms with Crippen LogP contribution in [-0.4, -0.2) is 30.4 Å². The van der Waals surface area contributed by atoms with Crippen molar-refractivity contribution in [2.45, 2.75) is 46.1 Å². The highest BCUT2D eigenvalue weighted by atomic mass is 19.4. The number of rotatable bonds is 9. The summed E-state index contributed by atoms with van der Waals surface area (Å²) in [6, 6.07) is 9.02. The molecule has 0 spiro atoms. The number of aryl methyl sites for hydroxylation is 1. The van der Waals surface area contributed by atoms with E-state index in [0.717, 1.165) is 23.4 Å². The minimum absolute atomic E-state index is 0.0792. The Bertz CT molecular complexity index is 742. The fourth-order valence-corrected chi connectivity index (χ4v) is 2.31. The van der Waals surface area contributed by atoms with E-state index < -0.39 is 12.8 Å². The van der Waals surface area contributed by atoms with Gasteiger partial charge in [0.05, 0.1) is 25.4 Å². The standard InChI is InChI=1S/C19H25F3N4O2/c1-3-16-9-17(28-26-16)11-25-18(23-4-2)24-10-14-5-7-15(8-6-14)12-27-13-19(20,21)22/h5-9H,3-4,10-13H2,1-2H3,(H2,23,24,25). The van der Waals surface area contributed by atoms with Gasteiger partial charge in [-0.15, -0.1) is 0 Å². The van der Waals surface area contributed by atoms with Crippen LogP contribution >= 0.6 is 0 Å². The maximum absolute atomic E-state index is 12.1. The maximum Gasteiger partial charge on any atom is 0.411 e. The minimum Gasteiger partial charge on any atom is -0.367 e. The number of ether oxygens (including phenoxy) is 1. The number of halogens is 3. The minimum atomic E-state index is -4.31. The molecule has 2 aromatic rings. The predicted octanol–water partition coefficient (Wildman–Crippen LogP) is 3.57. The fourth-order valence-electron chi connectivity index (χ4n) is 2.31. The lowest BCUT2D eigenvalue weighted by Crippen LogP contribution is -2.36. The summed E-state index contributed by atoms with van der Waals surface area (Å²) in [5, 5.41) is 10.3. The first-order valence-electron chi connectivity index (χ1n) is 9.08. The Labute approximate surface area is 162 Å². The number of hydrogen-bond acceptors (Lipinski definition) is 4. The number of aliphatic imine (C=N–C) groups is 1. The highest BCUT2D eigenvalue weighted by molar-refractivity contribution is 5.79. The molecule has 2 rings (SSSR count). The van der Waals surface area contributed by atoms with E-state index >= 15 is 0 Å². The Morgan fingerprint density at radius 1 is 1.14 bits per heavy atom. The molecule has 0 saturated heterocycles. The molecular weight excluding hydrogens is 373 g/mol. The molecule has 0 amide bonds. The molecule has 28 heavy (non-hydrogen) atoms. The molecule has 0 aliphatic rings. The van der Waals surface area contributed by atoms with Gasteiger partial charge in [0.25, 0.3) is 0 Å². The lowest BCUT2D eigenvalue weighted by Gasteiger charge is -2.10. The molecule has 1 heterocycles.